The summed E-state index contributed by atoms with van der Waals surface area (Å²) in [7, 11) is 0. The third-order valence-electron chi connectivity index (χ3n) is 2.99. The summed E-state index contributed by atoms with van der Waals surface area (Å²) in [6.45, 7) is 11.0. The molecule has 1 nitrogen and oxygen atoms in total. The molecule has 0 bridgehead atoms. The van der Waals surface area contributed by atoms with E-state index >= 15 is 0 Å². The number of Topliss-reactive ketones (excluding diaryl/α,β-unsaturated/α-hetero) is 1. The summed E-state index contributed by atoms with van der Waals surface area (Å²) < 4.78 is 0. The SMILES string of the molecule is CCCC/C(C)=C/CC(=O)CCCC(C)(C)C. The van der Waals surface area contributed by atoms with Crippen molar-refractivity contribution in [3.63, 3.8) is 0 Å². The van der Waals surface area contributed by atoms with Gasteiger partial charge in [-0.3, -0.25) is 4.79 Å². The van der Waals surface area contributed by atoms with Crippen LogP contribution in [0.15, 0.2) is 11.6 Å². The van der Waals surface area contributed by atoms with Crippen LogP contribution in [0.2, 0.25) is 0 Å². The maximum atomic E-state index is 11.7. The molecular formula is C16H30O. The quantitative estimate of drug-likeness (QED) is 0.524. The van der Waals surface area contributed by atoms with Gasteiger partial charge >= 0.3 is 0 Å². The van der Waals surface area contributed by atoms with Gasteiger partial charge in [-0.15, -0.1) is 0 Å². The van der Waals surface area contributed by atoms with E-state index in [1.807, 2.05) is 0 Å². The highest BCUT2D eigenvalue weighted by Gasteiger charge is 2.10. The van der Waals surface area contributed by atoms with Crippen molar-refractivity contribution >= 4 is 5.78 Å². The fourth-order valence-electron chi connectivity index (χ4n) is 1.76. The molecule has 0 radical (unpaired) electrons. The standard InChI is InChI=1S/C16H30O/c1-6-7-9-14(2)11-12-15(17)10-8-13-16(3,4)5/h11H,6-10,12-13H2,1-5H3/b14-11+. The van der Waals surface area contributed by atoms with Crippen molar-refractivity contribution in [2.45, 2.75) is 79.6 Å². The Hall–Kier alpha value is -0.590. The molecule has 0 heterocycles. The molecule has 0 aromatic rings. The molecule has 0 aromatic heterocycles. The minimum Gasteiger partial charge on any atom is -0.299 e. The average Bonchev–Trinajstić information content (AvgIpc) is 2.21. The van der Waals surface area contributed by atoms with Gasteiger partial charge in [0, 0.05) is 12.8 Å². The number of hydrogen-bond acceptors (Lipinski definition) is 1. The van der Waals surface area contributed by atoms with E-state index in [-0.39, 0.29) is 0 Å². The molecule has 1 heteroatoms. The molecule has 0 amide bonds. The summed E-state index contributed by atoms with van der Waals surface area (Å²) in [6, 6.07) is 0. The van der Waals surface area contributed by atoms with Crippen molar-refractivity contribution in [3.8, 4) is 0 Å². The number of rotatable bonds is 8. The molecule has 100 valence electrons. The fourth-order valence-corrected chi connectivity index (χ4v) is 1.76. The first-order valence-corrected chi connectivity index (χ1v) is 7.02. The van der Waals surface area contributed by atoms with Crippen molar-refractivity contribution in [1.82, 2.24) is 0 Å². The van der Waals surface area contributed by atoms with Crippen molar-refractivity contribution in [2.24, 2.45) is 5.41 Å². The van der Waals surface area contributed by atoms with E-state index in [0.717, 1.165) is 25.7 Å². The van der Waals surface area contributed by atoms with Crippen LogP contribution >= 0.6 is 0 Å². The van der Waals surface area contributed by atoms with Crippen molar-refractivity contribution in [1.29, 1.82) is 0 Å². The van der Waals surface area contributed by atoms with Crippen molar-refractivity contribution in [3.05, 3.63) is 11.6 Å². The second kappa shape index (κ2) is 8.49. The Morgan fingerprint density at radius 3 is 2.29 bits per heavy atom. The Morgan fingerprint density at radius 2 is 1.76 bits per heavy atom. The van der Waals surface area contributed by atoms with E-state index in [1.54, 1.807) is 0 Å². The van der Waals surface area contributed by atoms with Crippen molar-refractivity contribution in [2.75, 3.05) is 0 Å². The van der Waals surface area contributed by atoms with Crippen LogP contribution in [-0.4, -0.2) is 5.78 Å². The highest BCUT2D eigenvalue weighted by atomic mass is 16.1. The molecule has 0 atom stereocenters. The van der Waals surface area contributed by atoms with Crippen LogP contribution in [0.1, 0.15) is 79.6 Å². The molecule has 0 aliphatic carbocycles. The summed E-state index contributed by atoms with van der Waals surface area (Å²) in [4.78, 5) is 11.7. The summed E-state index contributed by atoms with van der Waals surface area (Å²) in [6.07, 6.45) is 9.28. The fraction of sp³-hybridized carbons (Fsp3) is 0.812. The number of carbonyl (C=O) groups excluding carboxylic acids is 1. The maximum Gasteiger partial charge on any atom is 0.136 e. The third-order valence-corrected chi connectivity index (χ3v) is 2.99. The summed E-state index contributed by atoms with van der Waals surface area (Å²) in [5, 5.41) is 0. The number of hydrogen-bond donors (Lipinski definition) is 0. The second-order valence-corrected chi connectivity index (χ2v) is 6.31. The number of allylic oxidation sites excluding steroid dienone is 2. The van der Waals surface area contributed by atoms with Gasteiger partial charge in [-0.1, -0.05) is 45.8 Å². The van der Waals surface area contributed by atoms with Gasteiger partial charge in [-0.2, -0.15) is 0 Å². The van der Waals surface area contributed by atoms with Crippen LogP contribution in [0.25, 0.3) is 0 Å². The second-order valence-electron chi connectivity index (χ2n) is 6.31. The Kier molecular flexibility index (Phi) is 8.20. The van der Waals surface area contributed by atoms with Gasteiger partial charge in [-0.25, -0.2) is 0 Å². The number of carbonyl (C=O) groups is 1. The van der Waals surface area contributed by atoms with E-state index in [1.165, 1.54) is 18.4 Å². The minimum atomic E-state index is 0.354. The molecule has 0 saturated heterocycles. The van der Waals surface area contributed by atoms with Crippen molar-refractivity contribution < 1.29 is 4.79 Å². The molecule has 0 aliphatic rings. The summed E-state index contributed by atoms with van der Waals surface area (Å²) in [5.41, 5.74) is 1.73. The lowest BCUT2D eigenvalue weighted by molar-refractivity contribution is -0.118. The maximum absolute atomic E-state index is 11.7. The molecule has 17 heavy (non-hydrogen) atoms. The molecule has 0 unspecified atom stereocenters. The van der Waals surface area contributed by atoms with E-state index in [2.05, 4.69) is 40.7 Å². The number of ketones is 1. The molecular weight excluding hydrogens is 208 g/mol. The van der Waals surface area contributed by atoms with E-state index in [0.29, 0.717) is 17.6 Å². The van der Waals surface area contributed by atoms with Gasteiger partial charge in [0.25, 0.3) is 0 Å². The monoisotopic (exact) mass is 238 g/mol. The zero-order chi connectivity index (χ0) is 13.3. The normalized spacial score (nSPS) is 12.9. The lowest BCUT2D eigenvalue weighted by Crippen LogP contribution is -2.06. The summed E-state index contributed by atoms with van der Waals surface area (Å²) in [5.74, 6) is 0.394. The lowest BCUT2D eigenvalue weighted by atomic mass is 9.89. The first kappa shape index (κ1) is 16.4. The van der Waals surface area contributed by atoms with Gasteiger partial charge in [-0.05, 0) is 38.0 Å². The van der Waals surface area contributed by atoms with Crippen LogP contribution in [0.5, 0.6) is 0 Å². The van der Waals surface area contributed by atoms with Crippen LogP contribution in [0, 0.1) is 5.41 Å². The minimum absolute atomic E-state index is 0.354. The Bertz CT molecular complexity index is 243. The van der Waals surface area contributed by atoms with Gasteiger partial charge in [0.05, 0.1) is 0 Å². The van der Waals surface area contributed by atoms with Gasteiger partial charge in [0.1, 0.15) is 5.78 Å². The zero-order valence-corrected chi connectivity index (χ0v) is 12.4. The molecule has 0 saturated carbocycles. The molecule has 0 rings (SSSR count). The van der Waals surface area contributed by atoms with Crippen LogP contribution in [-0.2, 0) is 4.79 Å². The molecule has 0 aliphatic heterocycles. The van der Waals surface area contributed by atoms with Gasteiger partial charge in [0.2, 0.25) is 0 Å². The molecule has 0 fully saturated rings. The van der Waals surface area contributed by atoms with Crippen LogP contribution < -0.4 is 0 Å². The zero-order valence-electron chi connectivity index (χ0n) is 12.4. The van der Waals surface area contributed by atoms with Crippen LogP contribution in [0.4, 0.5) is 0 Å². The predicted molar refractivity (Wildman–Crippen MR) is 76.2 cm³/mol. The summed E-state index contributed by atoms with van der Waals surface area (Å²) >= 11 is 0. The molecule has 0 N–H and O–H groups in total. The Morgan fingerprint density at radius 1 is 1.12 bits per heavy atom. The highest BCUT2D eigenvalue weighted by molar-refractivity contribution is 5.79. The lowest BCUT2D eigenvalue weighted by Gasteiger charge is -2.17. The molecule has 0 aromatic carbocycles. The molecule has 0 spiro atoms. The van der Waals surface area contributed by atoms with E-state index in [9.17, 15) is 4.79 Å². The van der Waals surface area contributed by atoms with E-state index < -0.39 is 0 Å². The smallest absolute Gasteiger partial charge is 0.136 e. The average molecular weight is 238 g/mol. The largest absolute Gasteiger partial charge is 0.299 e. The Labute approximate surface area is 108 Å². The third kappa shape index (κ3) is 11.7. The topological polar surface area (TPSA) is 17.1 Å². The predicted octanol–water partition coefficient (Wildman–Crippen LogP) is 5.30. The van der Waals surface area contributed by atoms with Crippen LogP contribution in [0.3, 0.4) is 0 Å². The first-order chi connectivity index (χ1) is 7.85. The van der Waals surface area contributed by atoms with E-state index in [4.69, 9.17) is 0 Å². The highest BCUT2D eigenvalue weighted by Crippen LogP contribution is 2.21. The first-order valence-electron chi connectivity index (χ1n) is 7.02. The van der Waals surface area contributed by atoms with Gasteiger partial charge in [0.15, 0.2) is 0 Å². The van der Waals surface area contributed by atoms with Gasteiger partial charge < -0.3 is 0 Å². The number of unbranched alkanes of at least 4 members (excludes halogenated alkanes) is 1. The Balaban J connectivity index is 3.72.